The standard InChI is InChI=1S/C31H50O3/c1-19(2)20-11-16-31(26(33)34-8)18-17-29(6)21(25(20)31)9-10-23-28(5)14-13-24(32)27(3,4)22(28)12-15-30(23,29)7/h20-25,32H,1,9-18H2,2-8H3/t20-,21+,22+,23+,24+,25+,28-,29+,30+,31-/m1/s1. The molecular weight excluding hydrogens is 420 g/mol. The van der Waals surface area contributed by atoms with Crippen LogP contribution in [0.2, 0.25) is 0 Å². The van der Waals surface area contributed by atoms with E-state index in [1.54, 1.807) is 7.11 Å². The van der Waals surface area contributed by atoms with Gasteiger partial charge in [-0.25, -0.2) is 0 Å². The first kappa shape index (κ1) is 24.8. The third-order valence-corrected chi connectivity index (χ3v) is 13.6. The first-order valence-electron chi connectivity index (χ1n) is 14.2. The monoisotopic (exact) mass is 470 g/mol. The number of aliphatic hydroxyl groups excluding tert-OH is 1. The van der Waals surface area contributed by atoms with Gasteiger partial charge in [0, 0.05) is 0 Å². The van der Waals surface area contributed by atoms with Crippen LogP contribution < -0.4 is 0 Å². The highest BCUT2D eigenvalue weighted by atomic mass is 16.5. The summed E-state index contributed by atoms with van der Waals surface area (Å²) in [5.41, 5.74) is 1.78. The normalized spacial score (nSPS) is 53.6. The van der Waals surface area contributed by atoms with Gasteiger partial charge in [-0.05, 0) is 122 Å². The van der Waals surface area contributed by atoms with Crippen LogP contribution in [0.4, 0.5) is 0 Å². The van der Waals surface area contributed by atoms with Gasteiger partial charge < -0.3 is 9.84 Å². The molecule has 0 aromatic heterocycles. The van der Waals surface area contributed by atoms with E-state index < -0.39 is 0 Å². The van der Waals surface area contributed by atoms with E-state index in [-0.39, 0.29) is 33.7 Å². The number of fused-ring (bicyclic) bond motifs is 7. The molecule has 3 heteroatoms. The van der Waals surface area contributed by atoms with E-state index in [9.17, 15) is 9.90 Å². The van der Waals surface area contributed by atoms with Crippen molar-refractivity contribution in [2.75, 3.05) is 7.11 Å². The molecule has 5 saturated carbocycles. The van der Waals surface area contributed by atoms with E-state index in [4.69, 9.17) is 4.74 Å². The van der Waals surface area contributed by atoms with Crippen molar-refractivity contribution in [3.63, 3.8) is 0 Å². The van der Waals surface area contributed by atoms with Crippen molar-refractivity contribution in [2.24, 2.45) is 56.7 Å². The fraction of sp³-hybridized carbons (Fsp3) is 0.903. The van der Waals surface area contributed by atoms with Crippen LogP contribution in [0, 0.1) is 56.7 Å². The highest BCUT2D eigenvalue weighted by Gasteiger charge is 2.72. The molecule has 0 aromatic carbocycles. The van der Waals surface area contributed by atoms with Crippen molar-refractivity contribution < 1.29 is 14.6 Å². The Kier molecular flexibility index (Phi) is 5.55. The SMILES string of the molecule is C=C(C)[C@H]1CC[C@@]2(C(=O)OC)CC[C@@]3(C)[C@@H](CC[C@H]4[C@]5(C)CC[C@H](O)C(C)(C)[C@@H]5CC[C@@]43C)[C@H]12. The molecule has 0 bridgehead atoms. The molecule has 192 valence electrons. The highest BCUT2D eigenvalue weighted by Crippen LogP contribution is 2.77. The molecule has 5 aliphatic carbocycles. The van der Waals surface area contributed by atoms with Gasteiger partial charge >= 0.3 is 5.97 Å². The molecule has 0 amide bonds. The average molecular weight is 471 g/mol. The molecule has 5 rings (SSSR count). The first-order chi connectivity index (χ1) is 15.8. The number of hydrogen-bond donors (Lipinski definition) is 1. The minimum Gasteiger partial charge on any atom is -0.469 e. The van der Waals surface area contributed by atoms with Crippen LogP contribution >= 0.6 is 0 Å². The van der Waals surface area contributed by atoms with Gasteiger partial charge in [-0.2, -0.15) is 0 Å². The van der Waals surface area contributed by atoms with Gasteiger partial charge in [0.15, 0.2) is 0 Å². The van der Waals surface area contributed by atoms with Crippen molar-refractivity contribution in [1.29, 1.82) is 0 Å². The van der Waals surface area contributed by atoms with Gasteiger partial charge in [0.25, 0.3) is 0 Å². The fourth-order valence-electron chi connectivity index (χ4n) is 11.7. The second kappa shape index (κ2) is 7.59. The molecule has 5 fully saturated rings. The van der Waals surface area contributed by atoms with Gasteiger partial charge in [-0.3, -0.25) is 4.79 Å². The van der Waals surface area contributed by atoms with Crippen LogP contribution in [-0.4, -0.2) is 24.3 Å². The maximum atomic E-state index is 13.3. The lowest BCUT2D eigenvalue weighted by Gasteiger charge is -2.72. The van der Waals surface area contributed by atoms with E-state index in [1.807, 2.05) is 0 Å². The van der Waals surface area contributed by atoms with Crippen molar-refractivity contribution in [3.8, 4) is 0 Å². The summed E-state index contributed by atoms with van der Waals surface area (Å²) in [5.74, 6) is 2.72. The zero-order valence-corrected chi connectivity index (χ0v) is 23.0. The smallest absolute Gasteiger partial charge is 0.312 e. The predicted molar refractivity (Wildman–Crippen MR) is 137 cm³/mol. The largest absolute Gasteiger partial charge is 0.469 e. The minimum atomic E-state index is -0.302. The molecule has 0 radical (unpaired) electrons. The number of carbonyl (C=O) groups is 1. The van der Waals surface area contributed by atoms with Crippen LogP contribution in [0.3, 0.4) is 0 Å². The van der Waals surface area contributed by atoms with Crippen LogP contribution in [0.1, 0.15) is 106 Å². The number of esters is 1. The number of ether oxygens (including phenoxy) is 1. The number of hydrogen-bond acceptors (Lipinski definition) is 3. The van der Waals surface area contributed by atoms with Crippen molar-refractivity contribution >= 4 is 5.97 Å². The Balaban J connectivity index is 1.56. The molecule has 34 heavy (non-hydrogen) atoms. The maximum Gasteiger partial charge on any atom is 0.312 e. The van der Waals surface area contributed by atoms with E-state index >= 15 is 0 Å². The lowest BCUT2D eigenvalue weighted by molar-refractivity contribution is -0.248. The summed E-state index contributed by atoms with van der Waals surface area (Å²) >= 11 is 0. The van der Waals surface area contributed by atoms with Gasteiger partial charge in [-0.1, -0.05) is 46.8 Å². The summed E-state index contributed by atoms with van der Waals surface area (Å²) < 4.78 is 5.49. The Hall–Kier alpha value is -0.830. The zero-order chi connectivity index (χ0) is 24.9. The Bertz CT molecular complexity index is 876. The third-order valence-electron chi connectivity index (χ3n) is 13.6. The summed E-state index contributed by atoms with van der Waals surface area (Å²) in [4.78, 5) is 13.3. The zero-order valence-electron chi connectivity index (χ0n) is 23.0. The van der Waals surface area contributed by atoms with Crippen molar-refractivity contribution in [1.82, 2.24) is 0 Å². The molecule has 10 atom stereocenters. The molecule has 3 nitrogen and oxygen atoms in total. The minimum absolute atomic E-state index is 0.00478. The second-order valence-electron chi connectivity index (χ2n) is 14.7. The maximum absolute atomic E-state index is 13.3. The Morgan fingerprint density at radius 2 is 1.56 bits per heavy atom. The lowest BCUT2D eigenvalue weighted by Crippen LogP contribution is -2.67. The van der Waals surface area contributed by atoms with E-state index in [1.165, 1.54) is 31.3 Å². The van der Waals surface area contributed by atoms with Crippen LogP contribution in [0.25, 0.3) is 0 Å². The summed E-state index contributed by atoms with van der Waals surface area (Å²) in [5, 5.41) is 10.9. The molecule has 0 unspecified atom stereocenters. The van der Waals surface area contributed by atoms with Crippen LogP contribution in [0.15, 0.2) is 12.2 Å². The lowest BCUT2D eigenvalue weighted by atomic mass is 9.32. The highest BCUT2D eigenvalue weighted by molar-refractivity contribution is 5.78. The topological polar surface area (TPSA) is 46.5 Å². The van der Waals surface area contributed by atoms with E-state index in [2.05, 4.69) is 48.1 Å². The summed E-state index contributed by atoms with van der Waals surface area (Å²) in [7, 11) is 1.59. The quantitative estimate of drug-likeness (QED) is 0.343. The summed E-state index contributed by atoms with van der Waals surface area (Å²) in [6.07, 6.45) is 11.1. The molecule has 1 N–H and O–H groups in total. The number of allylic oxidation sites excluding steroid dienone is 1. The molecule has 5 aliphatic rings. The third kappa shape index (κ3) is 2.83. The second-order valence-corrected chi connectivity index (χ2v) is 14.7. The number of aliphatic hydroxyl groups is 1. The van der Waals surface area contributed by atoms with Crippen LogP contribution in [-0.2, 0) is 9.53 Å². The molecule has 0 spiro atoms. The molecule has 0 aromatic rings. The molecule has 0 aliphatic heterocycles. The first-order valence-corrected chi connectivity index (χ1v) is 14.2. The van der Waals surface area contributed by atoms with Gasteiger partial charge in [0.2, 0.25) is 0 Å². The average Bonchev–Trinajstić information content (AvgIpc) is 3.18. The van der Waals surface area contributed by atoms with Crippen molar-refractivity contribution in [2.45, 2.75) is 112 Å². The van der Waals surface area contributed by atoms with E-state index in [0.29, 0.717) is 35.0 Å². The molecule has 0 heterocycles. The predicted octanol–water partition coefficient (Wildman–Crippen LogP) is 7.18. The van der Waals surface area contributed by atoms with Crippen LogP contribution in [0.5, 0.6) is 0 Å². The fourth-order valence-corrected chi connectivity index (χ4v) is 11.7. The number of methoxy groups -OCH3 is 1. The molecular formula is C31H50O3. The van der Waals surface area contributed by atoms with E-state index in [0.717, 1.165) is 38.5 Å². The van der Waals surface area contributed by atoms with Gasteiger partial charge in [0.1, 0.15) is 0 Å². The summed E-state index contributed by atoms with van der Waals surface area (Å²) in [6, 6.07) is 0. The van der Waals surface area contributed by atoms with Gasteiger partial charge in [-0.15, -0.1) is 0 Å². The van der Waals surface area contributed by atoms with Gasteiger partial charge in [0.05, 0.1) is 18.6 Å². The molecule has 0 saturated heterocycles. The Morgan fingerprint density at radius 3 is 2.21 bits per heavy atom. The number of carbonyl (C=O) groups excluding carboxylic acids is 1. The Morgan fingerprint density at radius 1 is 0.853 bits per heavy atom. The Labute approximate surface area is 208 Å². The van der Waals surface area contributed by atoms with Crippen molar-refractivity contribution in [3.05, 3.63) is 12.2 Å². The summed E-state index contributed by atoms with van der Waals surface area (Å²) in [6.45, 7) is 19.1. The number of rotatable bonds is 2.